The first-order valence-corrected chi connectivity index (χ1v) is 9.17. The van der Waals surface area contributed by atoms with Crippen LogP contribution in [0.4, 0.5) is 0 Å². The highest BCUT2D eigenvalue weighted by Crippen LogP contribution is 2.32. The van der Waals surface area contributed by atoms with Crippen LogP contribution in [-0.2, 0) is 4.79 Å². The van der Waals surface area contributed by atoms with Crippen LogP contribution < -0.4 is 14.8 Å². The Balaban J connectivity index is 1.59. The molecule has 28 heavy (non-hydrogen) atoms. The van der Waals surface area contributed by atoms with Crippen molar-refractivity contribution in [3.63, 3.8) is 0 Å². The Morgan fingerprint density at radius 3 is 2.50 bits per heavy atom. The summed E-state index contributed by atoms with van der Waals surface area (Å²) in [6.45, 7) is 0. The fourth-order valence-electron chi connectivity index (χ4n) is 2.31. The maximum Gasteiger partial charge on any atom is 0.277 e. The molecule has 0 aliphatic carbocycles. The summed E-state index contributed by atoms with van der Waals surface area (Å²) < 4.78 is 16.0. The van der Waals surface area contributed by atoms with Gasteiger partial charge < -0.3 is 13.9 Å². The normalized spacial score (nSPS) is 10.4. The summed E-state index contributed by atoms with van der Waals surface area (Å²) in [5, 5.41) is 10.4. The molecule has 0 spiro atoms. The Bertz CT molecular complexity index is 975. The van der Waals surface area contributed by atoms with Crippen molar-refractivity contribution in [1.82, 2.24) is 15.5 Å². The molecule has 3 aromatic rings. The Kier molecular flexibility index (Phi) is 6.28. The molecule has 1 aromatic heterocycles. The van der Waals surface area contributed by atoms with Crippen LogP contribution in [0.25, 0.3) is 11.5 Å². The van der Waals surface area contributed by atoms with Gasteiger partial charge in [0.25, 0.3) is 11.1 Å². The van der Waals surface area contributed by atoms with Gasteiger partial charge in [-0.3, -0.25) is 14.9 Å². The quantitative estimate of drug-likeness (QED) is 0.605. The monoisotopic (exact) mass is 399 g/mol. The molecular weight excluding hydrogens is 382 g/mol. The lowest BCUT2D eigenvalue weighted by Crippen LogP contribution is -2.31. The van der Waals surface area contributed by atoms with Gasteiger partial charge in [0.15, 0.2) is 11.5 Å². The number of hydrogen-bond donors (Lipinski definition) is 1. The van der Waals surface area contributed by atoms with Crippen molar-refractivity contribution >= 4 is 23.6 Å². The number of nitrogens with one attached hydrogen (secondary N) is 1. The summed E-state index contributed by atoms with van der Waals surface area (Å²) in [6, 6.07) is 13.7. The number of carbonyl (C=O) groups is 2. The number of benzene rings is 2. The van der Waals surface area contributed by atoms with Gasteiger partial charge >= 0.3 is 0 Å². The van der Waals surface area contributed by atoms with Crippen molar-refractivity contribution in [2.24, 2.45) is 0 Å². The van der Waals surface area contributed by atoms with Gasteiger partial charge in [0, 0.05) is 11.1 Å². The van der Waals surface area contributed by atoms with E-state index in [2.05, 4.69) is 15.5 Å². The van der Waals surface area contributed by atoms with Crippen LogP contribution in [0, 0.1) is 0 Å². The molecule has 144 valence electrons. The fourth-order valence-corrected chi connectivity index (χ4v) is 2.87. The standard InChI is InChI=1S/C19H17N3O5S/c1-25-14-9-8-13(10-15(14)26-2)18-21-22-19(27-18)28-11-16(23)20-17(24)12-6-4-3-5-7-12/h3-10H,11H2,1-2H3,(H,20,23,24). The molecule has 0 saturated heterocycles. The summed E-state index contributed by atoms with van der Waals surface area (Å²) in [5.41, 5.74) is 1.06. The predicted molar refractivity (Wildman–Crippen MR) is 102 cm³/mol. The van der Waals surface area contributed by atoms with Gasteiger partial charge in [-0.05, 0) is 30.3 Å². The minimum atomic E-state index is -0.456. The van der Waals surface area contributed by atoms with Crippen molar-refractivity contribution in [2.45, 2.75) is 5.22 Å². The second-order valence-corrected chi connectivity index (χ2v) is 6.40. The first-order chi connectivity index (χ1) is 13.6. The highest BCUT2D eigenvalue weighted by atomic mass is 32.2. The SMILES string of the molecule is COc1ccc(-c2nnc(SCC(=O)NC(=O)c3ccccc3)o2)cc1OC. The van der Waals surface area contributed by atoms with E-state index in [-0.39, 0.29) is 16.9 Å². The topological polar surface area (TPSA) is 104 Å². The van der Waals surface area contributed by atoms with Crippen molar-refractivity contribution in [2.75, 3.05) is 20.0 Å². The van der Waals surface area contributed by atoms with Crippen molar-refractivity contribution in [1.29, 1.82) is 0 Å². The zero-order chi connectivity index (χ0) is 19.9. The molecular formula is C19H17N3O5S. The lowest BCUT2D eigenvalue weighted by molar-refractivity contribution is -0.117. The molecule has 1 N–H and O–H groups in total. The molecule has 8 nitrogen and oxygen atoms in total. The summed E-state index contributed by atoms with van der Waals surface area (Å²) >= 11 is 1.04. The number of rotatable bonds is 7. The number of hydrogen-bond acceptors (Lipinski definition) is 8. The van der Waals surface area contributed by atoms with Crippen LogP contribution in [0.5, 0.6) is 11.5 Å². The number of methoxy groups -OCH3 is 2. The first kappa shape index (κ1) is 19.4. The lowest BCUT2D eigenvalue weighted by Gasteiger charge is -2.07. The van der Waals surface area contributed by atoms with E-state index < -0.39 is 11.8 Å². The lowest BCUT2D eigenvalue weighted by atomic mass is 10.2. The zero-order valence-electron chi connectivity index (χ0n) is 15.2. The highest BCUT2D eigenvalue weighted by Gasteiger charge is 2.15. The van der Waals surface area contributed by atoms with Gasteiger partial charge in [-0.25, -0.2) is 0 Å². The maximum absolute atomic E-state index is 12.0. The molecule has 2 aromatic carbocycles. The van der Waals surface area contributed by atoms with E-state index in [1.165, 1.54) is 7.11 Å². The second kappa shape index (κ2) is 9.05. The molecule has 0 atom stereocenters. The smallest absolute Gasteiger partial charge is 0.277 e. The van der Waals surface area contributed by atoms with E-state index in [0.717, 1.165) is 11.8 Å². The molecule has 0 aliphatic rings. The summed E-state index contributed by atoms with van der Waals surface area (Å²) in [5.74, 6) is 0.453. The molecule has 0 unspecified atom stereocenters. The number of carbonyl (C=O) groups excluding carboxylic acids is 2. The van der Waals surface area contributed by atoms with Gasteiger partial charge in [0.2, 0.25) is 11.8 Å². The van der Waals surface area contributed by atoms with E-state index in [1.807, 2.05) is 0 Å². The van der Waals surface area contributed by atoms with Gasteiger partial charge in [-0.15, -0.1) is 10.2 Å². The third kappa shape index (κ3) is 4.68. The van der Waals surface area contributed by atoms with Crippen molar-refractivity contribution in [3.8, 4) is 23.0 Å². The molecule has 0 aliphatic heterocycles. The number of nitrogens with zero attached hydrogens (tertiary/aromatic N) is 2. The van der Waals surface area contributed by atoms with Crippen LogP contribution in [-0.4, -0.2) is 42.0 Å². The fraction of sp³-hybridized carbons (Fsp3) is 0.158. The zero-order valence-corrected chi connectivity index (χ0v) is 16.0. The third-order valence-electron chi connectivity index (χ3n) is 3.65. The Morgan fingerprint density at radius 2 is 1.79 bits per heavy atom. The Morgan fingerprint density at radius 1 is 1.04 bits per heavy atom. The molecule has 0 bridgehead atoms. The number of ether oxygens (including phenoxy) is 2. The molecule has 0 saturated carbocycles. The minimum Gasteiger partial charge on any atom is -0.493 e. The summed E-state index contributed by atoms with van der Waals surface area (Å²) in [4.78, 5) is 23.9. The van der Waals surface area contributed by atoms with Crippen LogP contribution >= 0.6 is 11.8 Å². The number of thioether (sulfide) groups is 1. The van der Waals surface area contributed by atoms with Gasteiger partial charge in [0.05, 0.1) is 20.0 Å². The van der Waals surface area contributed by atoms with E-state index >= 15 is 0 Å². The molecule has 3 rings (SSSR count). The van der Waals surface area contributed by atoms with Gasteiger partial charge in [0.1, 0.15) is 0 Å². The van der Waals surface area contributed by atoms with Crippen LogP contribution in [0.3, 0.4) is 0 Å². The van der Waals surface area contributed by atoms with Gasteiger partial charge in [-0.1, -0.05) is 30.0 Å². The average Bonchev–Trinajstić information content (AvgIpc) is 3.21. The van der Waals surface area contributed by atoms with Crippen LogP contribution in [0.2, 0.25) is 0 Å². The van der Waals surface area contributed by atoms with E-state index in [1.54, 1.807) is 55.6 Å². The number of amides is 2. The van der Waals surface area contributed by atoms with Crippen LogP contribution in [0.1, 0.15) is 10.4 Å². The van der Waals surface area contributed by atoms with E-state index in [9.17, 15) is 9.59 Å². The van der Waals surface area contributed by atoms with Crippen LogP contribution in [0.15, 0.2) is 58.2 Å². The van der Waals surface area contributed by atoms with Crippen molar-refractivity contribution < 1.29 is 23.5 Å². The predicted octanol–water partition coefficient (Wildman–Crippen LogP) is 2.80. The molecule has 0 radical (unpaired) electrons. The largest absolute Gasteiger partial charge is 0.493 e. The summed E-state index contributed by atoms with van der Waals surface area (Å²) in [7, 11) is 3.08. The third-order valence-corrected chi connectivity index (χ3v) is 4.47. The highest BCUT2D eigenvalue weighted by molar-refractivity contribution is 7.99. The minimum absolute atomic E-state index is 0.0356. The first-order valence-electron chi connectivity index (χ1n) is 8.18. The second-order valence-electron chi connectivity index (χ2n) is 5.47. The van der Waals surface area contributed by atoms with Gasteiger partial charge in [-0.2, -0.15) is 0 Å². The van der Waals surface area contributed by atoms with E-state index in [4.69, 9.17) is 13.9 Å². The Hall–Kier alpha value is -3.33. The van der Waals surface area contributed by atoms with E-state index in [0.29, 0.717) is 22.6 Å². The molecule has 2 amide bonds. The Labute approximate surface area is 165 Å². The summed E-state index contributed by atoms with van der Waals surface area (Å²) in [6.07, 6.45) is 0. The molecule has 9 heteroatoms. The van der Waals surface area contributed by atoms with Crippen molar-refractivity contribution in [3.05, 3.63) is 54.1 Å². The average molecular weight is 399 g/mol. The number of imide groups is 1. The maximum atomic E-state index is 12.0. The molecule has 1 heterocycles. The molecule has 0 fully saturated rings. The number of aromatic nitrogens is 2.